The Balaban J connectivity index is 1.61. The smallest absolute Gasteiger partial charge is 0.310 e. The van der Waals surface area contributed by atoms with Gasteiger partial charge in [0.05, 0.1) is 35.2 Å². The first-order valence-corrected chi connectivity index (χ1v) is 12.2. The van der Waals surface area contributed by atoms with Gasteiger partial charge in [-0.3, -0.25) is 9.59 Å². The zero-order chi connectivity index (χ0) is 21.8. The van der Waals surface area contributed by atoms with Gasteiger partial charge in [-0.25, -0.2) is 0 Å². The highest BCUT2D eigenvalue weighted by molar-refractivity contribution is 5.87. The molecule has 0 aromatic carbocycles. The van der Waals surface area contributed by atoms with Gasteiger partial charge in [0.1, 0.15) is 0 Å². The predicted octanol–water partition coefficient (Wildman–Crippen LogP) is 5.18. The molecule has 2 heterocycles. The van der Waals surface area contributed by atoms with Crippen LogP contribution in [-0.2, 0) is 19.1 Å². The second-order valence-corrected chi connectivity index (χ2v) is 9.72. The van der Waals surface area contributed by atoms with E-state index >= 15 is 0 Å². The lowest BCUT2D eigenvalue weighted by Gasteiger charge is -2.49. The minimum Gasteiger partial charge on any atom is -0.481 e. The van der Waals surface area contributed by atoms with Gasteiger partial charge >= 0.3 is 11.9 Å². The van der Waals surface area contributed by atoms with E-state index in [-0.39, 0.29) is 0 Å². The summed E-state index contributed by atoms with van der Waals surface area (Å²) in [5, 5.41) is 20.6. The third-order valence-corrected chi connectivity index (χ3v) is 8.06. The fourth-order valence-electron chi connectivity index (χ4n) is 6.03. The molecule has 0 amide bonds. The summed E-state index contributed by atoms with van der Waals surface area (Å²) in [6.07, 6.45) is 12.2. The number of hydrogen-bond donors (Lipinski definition) is 2. The van der Waals surface area contributed by atoms with Crippen molar-refractivity contribution in [3.63, 3.8) is 0 Å². The van der Waals surface area contributed by atoms with Crippen LogP contribution in [0, 0.1) is 10.8 Å². The Morgan fingerprint density at radius 3 is 1.43 bits per heavy atom. The summed E-state index contributed by atoms with van der Waals surface area (Å²) in [6.45, 7) is 4.23. The number of carboxylic acid groups (broad SMARTS) is 2. The molecule has 3 rings (SSSR count). The highest BCUT2D eigenvalue weighted by Crippen LogP contribution is 2.57. The monoisotopic (exact) mass is 424 g/mol. The normalized spacial score (nSPS) is 37.7. The first-order valence-electron chi connectivity index (χ1n) is 12.2. The van der Waals surface area contributed by atoms with Crippen LogP contribution in [0.15, 0.2) is 0 Å². The molecule has 0 aromatic heterocycles. The molecule has 3 aliphatic rings. The Morgan fingerprint density at radius 2 is 1.13 bits per heavy atom. The molecule has 0 aromatic rings. The predicted molar refractivity (Wildman–Crippen MR) is 113 cm³/mol. The van der Waals surface area contributed by atoms with Crippen LogP contribution in [0.3, 0.4) is 0 Å². The number of ether oxygens (including phenoxy) is 2. The van der Waals surface area contributed by atoms with Gasteiger partial charge in [0, 0.05) is 0 Å². The van der Waals surface area contributed by atoms with Gasteiger partial charge in [-0.1, -0.05) is 52.4 Å². The lowest BCUT2D eigenvalue weighted by atomic mass is 9.52. The fraction of sp³-hybridized carbons (Fsp3) is 0.917. The van der Waals surface area contributed by atoms with E-state index in [0.29, 0.717) is 50.1 Å². The molecule has 172 valence electrons. The Morgan fingerprint density at radius 1 is 0.733 bits per heavy atom. The minimum atomic E-state index is -1.15. The van der Waals surface area contributed by atoms with Crippen LogP contribution in [-0.4, -0.2) is 46.6 Å². The topological polar surface area (TPSA) is 99.7 Å². The quantitative estimate of drug-likeness (QED) is 0.294. The van der Waals surface area contributed by atoms with Crippen molar-refractivity contribution < 1.29 is 29.3 Å². The van der Waals surface area contributed by atoms with E-state index in [9.17, 15) is 19.8 Å². The lowest BCUT2D eigenvalue weighted by Crippen LogP contribution is -2.54. The number of epoxide rings is 2. The van der Waals surface area contributed by atoms with Gasteiger partial charge in [0.25, 0.3) is 0 Å². The Hall–Kier alpha value is -1.14. The fourth-order valence-corrected chi connectivity index (χ4v) is 6.03. The van der Waals surface area contributed by atoms with E-state index in [4.69, 9.17) is 9.47 Å². The number of carboxylic acids is 2. The van der Waals surface area contributed by atoms with E-state index in [2.05, 4.69) is 13.8 Å². The molecular formula is C24H40O6. The van der Waals surface area contributed by atoms with Gasteiger partial charge in [-0.15, -0.1) is 0 Å². The van der Waals surface area contributed by atoms with E-state index in [1.54, 1.807) is 0 Å². The number of carbonyl (C=O) groups is 2. The van der Waals surface area contributed by atoms with E-state index < -0.39 is 22.8 Å². The molecule has 30 heavy (non-hydrogen) atoms. The van der Waals surface area contributed by atoms with Crippen LogP contribution in [0.2, 0.25) is 0 Å². The molecule has 1 aliphatic carbocycles. The Kier molecular flexibility index (Phi) is 7.83. The van der Waals surface area contributed by atoms with Gasteiger partial charge in [-0.05, 0) is 51.4 Å². The minimum absolute atomic E-state index is 0.322. The first-order chi connectivity index (χ1) is 14.4. The van der Waals surface area contributed by atoms with Crippen LogP contribution in [0.4, 0.5) is 0 Å². The third kappa shape index (κ3) is 4.85. The SMILES string of the molecule is CCC1OC1CCCCC1(C(=O)O)CCCCC1(CCCCC1OC1CC)C(=O)O. The average molecular weight is 425 g/mol. The zero-order valence-corrected chi connectivity index (χ0v) is 18.7. The van der Waals surface area contributed by atoms with Crippen LogP contribution in [0.5, 0.6) is 0 Å². The summed E-state index contributed by atoms with van der Waals surface area (Å²) in [5.74, 6) is -1.81. The molecule has 6 unspecified atom stereocenters. The van der Waals surface area contributed by atoms with Gasteiger partial charge in [0.2, 0.25) is 0 Å². The van der Waals surface area contributed by atoms with Crippen molar-refractivity contribution in [3.8, 4) is 0 Å². The summed E-state index contributed by atoms with van der Waals surface area (Å²) in [5.41, 5.74) is -2.29. The van der Waals surface area contributed by atoms with Crippen molar-refractivity contribution in [2.24, 2.45) is 10.8 Å². The standard InChI is InChI=1S/C24H40O6/c1-3-17-19(29-17)11-5-7-13-23(21(25)26)15-9-10-16-24(23,22(27)28)14-8-6-12-20-18(4-2)30-20/h17-20H,3-16H2,1-2H3,(H,25,26)(H,27,28). The highest BCUT2D eigenvalue weighted by atomic mass is 16.6. The molecule has 0 bridgehead atoms. The second kappa shape index (κ2) is 9.99. The zero-order valence-electron chi connectivity index (χ0n) is 18.7. The van der Waals surface area contributed by atoms with Crippen molar-refractivity contribution in [1.29, 1.82) is 0 Å². The summed E-state index contributed by atoms with van der Waals surface area (Å²) >= 11 is 0. The van der Waals surface area contributed by atoms with E-state index in [0.717, 1.165) is 64.2 Å². The molecular weight excluding hydrogens is 384 g/mol. The maximum absolute atomic E-state index is 12.6. The molecule has 3 fully saturated rings. The number of aliphatic carboxylic acids is 2. The number of unbranched alkanes of at least 4 members (excludes halogenated alkanes) is 2. The summed E-state index contributed by atoms with van der Waals surface area (Å²) in [4.78, 5) is 25.1. The molecule has 6 heteroatoms. The first kappa shape index (κ1) is 23.5. The molecule has 1 saturated carbocycles. The molecule has 0 spiro atoms. The summed E-state index contributed by atoms with van der Waals surface area (Å²) < 4.78 is 11.2. The van der Waals surface area contributed by atoms with Crippen molar-refractivity contribution >= 4 is 11.9 Å². The molecule has 2 N–H and O–H groups in total. The molecule has 2 aliphatic heterocycles. The van der Waals surface area contributed by atoms with Gasteiger partial charge in [-0.2, -0.15) is 0 Å². The Bertz CT molecular complexity index is 555. The lowest BCUT2D eigenvalue weighted by molar-refractivity contribution is -0.182. The molecule has 0 radical (unpaired) electrons. The average Bonchev–Trinajstić information content (AvgIpc) is 3.64. The number of hydrogen-bond acceptors (Lipinski definition) is 4. The largest absolute Gasteiger partial charge is 0.481 e. The van der Waals surface area contributed by atoms with Crippen molar-refractivity contribution in [3.05, 3.63) is 0 Å². The van der Waals surface area contributed by atoms with E-state index in [1.165, 1.54) is 0 Å². The highest BCUT2D eigenvalue weighted by Gasteiger charge is 2.61. The Labute approximate surface area is 180 Å². The molecule has 6 atom stereocenters. The van der Waals surface area contributed by atoms with Crippen LogP contribution < -0.4 is 0 Å². The molecule has 2 saturated heterocycles. The maximum atomic E-state index is 12.6. The summed E-state index contributed by atoms with van der Waals surface area (Å²) in [7, 11) is 0. The maximum Gasteiger partial charge on any atom is 0.310 e. The van der Waals surface area contributed by atoms with Crippen LogP contribution in [0.25, 0.3) is 0 Å². The number of rotatable bonds is 14. The van der Waals surface area contributed by atoms with Crippen molar-refractivity contribution in [2.75, 3.05) is 0 Å². The van der Waals surface area contributed by atoms with Crippen LogP contribution >= 0.6 is 0 Å². The third-order valence-electron chi connectivity index (χ3n) is 8.06. The van der Waals surface area contributed by atoms with Crippen LogP contribution in [0.1, 0.15) is 104 Å². The molecule has 6 nitrogen and oxygen atoms in total. The second-order valence-electron chi connectivity index (χ2n) is 9.72. The van der Waals surface area contributed by atoms with Gasteiger partial charge in [0.15, 0.2) is 0 Å². The van der Waals surface area contributed by atoms with Gasteiger partial charge < -0.3 is 19.7 Å². The van der Waals surface area contributed by atoms with Crippen molar-refractivity contribution in [1.82, 2.24) is 0 Å². The summed E-state index contributed by atoms with van der Waals surface area (Å²) in [6, 6.07) is 0. The van der Waals surface area contributed by atoms with E-state index in [1.807, 2.05) is 0 Å². The van der Waals surface area contributed by atoms with Crippen molar-refractivity contribution in [2.45, 2.75) is 128 Å².